The van der Waals surface area contributed by atoms with Crippen LogP contribution >= 0.6 is 0 Å². The molecule has 2 unspecified atom stereocenters. The molecule has 1 N–H and O–H groups in total. The summed E-state index contributed by atoms with van der Waals surface area (Å²) in [4.78, 5) is 12.4. The molecule has 2 heteroatoms. The summed E-state index contributed by atoms with van der Waals surface area (Å²) in [7, 11) is 0. The van der Waals surface area contributed by atoms with Crippen molar-refractivity contribution in [2.24, 2.45) is 5.92 Å². The molecule has 0 radical (unpaired) electrons. The summed E-state index contributed by atoms with van der Waals surface area (Å²) in [5.41, 5.74) is 3.52. The summed E-state index contributed by atoms with van der Waals surface area (Å²) in [6.07, 6.45) is 3.90. The molecule has 0 aromatic heterocycles. The number of benzene rings is 2. The Morgan fingerprint density at radius 1 is 1.05 bits per heavy atom. The van der Waals surface area contributed by atoms with Gasteiger partial charge in [-0.3, -0.25) is 4.79 Å². The SMILES string of the molecule is Cc1cccc(NC(c2ccccc2)C2CCCCC2=O)c1. The standard InChI is InChI=1S/C20H23NO/c1-15-8-7-11-17(14-15)21-20(16-9-3-2-4-10-16)18-12-5-6-13-19(18)22/h2-4,7-11,14,18,20-21H,5-6,12-13H2,1H3. The van der Waals surface area contributed by atoms with Gasteiger partial charge in [0.05, 0.1) is 6.04 Å². The molecular weight excluding hydrogens is 270 g/mol. The second-order valence-corrected chi connectivity index (χ2v) is 6.22. The van der Waals surface area contributed by atoms with Crippen LogP contribution in [0.5, 0.6) is 0 Å². The van der Waals surface area contributed by atoms with E-state index in [2.05, 4.69) is 48.6 Å². The Morgan fingerprint density at radius 2 is 1.86 bits per heavy atom. The highest BCUT2D eigenvalue weighted by molar-refractivity contribution is 5.83. The normalized spacial score (nSPS) is 19.7. The van der Waals surface area contributed by atoms with E-state index in [1.54, 1.807) is 0 Å². The van der Waals surface area contributed by atoms with Crippen LogP contribution in [0, 0.1) is 12.8 Å². The summed E-state index contributed by atoms with van der Waals surface area (Å²) in [6, 6.07) is 18.8. The molecule has 1 aliphatic rings. The van der Waals surface area contributed by atoms with Crippen molar-refractivity contribution in [1.82, 2.24) is 0 Å². The summed E-state index contributed by atoms with van der Waals surface area (Å²) in [5, 5.41) is 3.62. The van der Waals surface area contributed by atoms with Gasteiger partial charge in [-0.1, -0.05) is 48.9 Å². The molecule has 0 spiro atoms. The molecule has 2 aromatic carbocycles. The van der Waals surface area contributed by atoms with Crippen LogP contribution in [-0.2, 0) is 4.79 Å². The molecule has 2 nitrogen and oxygen atoms in total. The summed E-state index contributed by atoms with van der Waals surface area (Å²) < 4.78 is 0. The van der Waals surface area contributed by atoms with E-state index in [-0.39, 0.29) is 12.0 Å². The maximum absolute atomic E-state index is 12.4. The molecule has 1 aliphatic carbocycles. The Morgan fingerprint density at radius 3 is 2.59 bits per heavy atom. The van der Waals surface area contributed by atoms with E-state index in [9.17, 15) is 4.79 Å². The zero-order chi connectivity index (χ0) is 15.4. The minimum atomic E-state index is 0.0656. The quantitative estimate of drug-likeness (QED) is 0.868. The van der Waals surface area contributed by atoms with Gasteiger partial charge in [0.2, 0.25) is 0 Å². The Bertz CT molecular complexity index is 635. The van der Waals surface area contributed by atoms with E-state index < -0.39 is 0 Å². The monoisotopic (exact) mass is 293 g/mol. The highest BCUT2D eigenvalue weighted by atomic mass is 16.1. The topological polar surface area (TPSA) is 29.1 Å². The van der Waals surface area contributed by atoms with E-state index in [0.717, 1.165) is 31.4 Å². The Labute approximate surface area is 132 Å². The van der Waals surface area contributed by atoms with Gasteiger partial charge in [0, 0.05) is 18.0 Å². The molecule has 0 bridgehead atoms. The van der Waals surface area contributed by atoms with Crippen molar-refractivity contribution in [3.8, 4) is 0 Å². The third-order valence-corrected chi connectivity index (χ3v) is 4.50. The Kier molecular flexibility index (Phi) is 4.57. The molecule has 0 saturated heterocycles. The molecule has 3 rings (SSSR count). The van der Waals surface area contributed by atoms with Gasteiger partial charge < -0.3 is 5.32 Å². The molecule has 0 heterocycles. The second kappa shape index (κ2) is 6.78. The predicted octanol–water partition coefficient (Wildman–Crippen LogP) is 4.91. The average Bonchev–Trinajstić information content (AvgIpc) is 2.54. The van der Waals surface area contributed by atoms with Gasteiger partial charge >= 0.3 is 0 Å². The number of carbonyl (C=O) groups excluding carboxylic acids is 1. The van der Waals surface area contributed by atoms with Crippen molar-refractivity contribution in [3.63, 3.8) is 0 Å². The number of nitrogens with one attached hydrogen (secondary N) is 1. The smallest absolute Gasteiger partial charge is 0.138 e. The third kappa shape index (κ3) is 3.38. The van der Waals surface area contributed by atoms with Crippen molar-refractivity contribution in [2.45, 2.75) is 38.6 Å². The van der Waals surface area contributed by atoms with Gasteiger partial charge in [-0.2, -0.15) is 0 Å². The predicted molar refractivity (Wildman–Crippen MR) is 90.9 cm³/mol. The number of hydrogen-bond donors (Lipinski definition) is 1. The maximum Gasteiger partial charge on any atom is 0.138 e. The molecule has 2 aromatic rings. The van der Waals surface area contributed by atoms with Crippen LogP contribution in [0.1, 0.15) is 42.9 Å². The zero-order valence-electron chi connectivity index (χ0n) is 13.1. The highest BCUT2D eigenvalue weighted by Gasteiger charge is 2.31. The highest BCUT2D eigenvalue weighted by Crippen LogP contribution is 2.34. The number of ketones is 1. The fourth-order valence-electron chi connectivity index (χ4n) is 3.35. The van der Waals surface area contributed by atoms with Crippen molar-refractivity contribution in [3.05, 3.63) is 65.7 Å². The van der Waals surface area contributed by atoms with Gasteiger partial charge in [-0.05, 0) is 43.0 Å². The second-order valence-electron chi connectivity index (χ2n) is 6.22. The fraction of sp³-hybridized carbons (Fsp3) is 0.350. The van der Waals surface area contributed by atoms with E-state index >= 15 is 0 Å². The van der Waals surface area contributed by atoms with Crippen molar-refractivity contribution < 1.29 is 4.79 Å². The molecule has 1 fully saturated rings. The third-order valence-electron chi connectivity index (χ3n) is 4.50. The minimum Gasteiger partial charge on any atom is -0.377 e. The lowest BCUT2D eigenvalue weighted by Crippen LogP contribution is -2.30. The van der Waals surface area contributed by atoms with E-state index in [1.807, 2.05) is 18.2 Å². The van der Waals surface area contributed by atoms with Gasteiger partial charge in [0.15, 0.2) is 0 Å². The minimum absolute atomic E-state index is 0.0656. The number of carbonyl (C=O) groups is 1. The number of anilines is 1. The largest absolute Gasteiger partial charge is 0.377 e. The van der Waals surface area contributed by atoms with Crippen molar-refractivity contribution in [1.29, 1.82) is 0 Å². The van der Waals surface area contributed by atoms with Crippen molar-refractivity contribution >= 4 is 11.5 Å². The van der Waals surface area contributed by atoms with Crippen LogP contribution in [0.3, 0.4) is 0 Å². The molecular formula is C20H23NO. The number of Topliss-reactive ketones (excluding diaryl/α,β-unsaturated/α-hetero) is 1. The first-order valence-electron chi connectivity index (χ1n) is 8.15. The van der Waals surface area contributed by atoms with E-state index in [1.165, 1.54) is 11.1 Å². The summed E-state index contributed by atoms with van der Waals surface area (Å²) >= 11 is 0. The molecule has 2 atom stereocenters. The Hall–Kier alpha value is -2.09. The van der Waals surface area contributed by atoms with Crippen LogP contribution in [0.2, 0.25) is 0 Å². The molecule has 114 valence electrons. The number of aryl methyl sites for hydroxylation is 1. The van der Waals surface area contributed by atoms with Crippen LogP contribution in [-0.4, -0.2) is 5.78 Å². The van der Waals surface area contributed by atoms with Gasteiger partial charge in [0.25, 0.3) is 0 Å². The lowest BCUT2D eigenvalue weighted by atomic mass is 9.80. The van der Waals surface area contributed by atoms with Crippen LogP contribution in [0.25, 0.3) is 0 Å². The van der Waals surface area contributed by atoms with E-state index in [0.29, 0.717) is 5.78 Å². The number of hydrogen-bond acceptors (Lipinski definition) is 2. The first kappa shape index (κ1) is 14.8. The molecule has 0 aliphatic heterocycles. The van der Waals surface area contributed by atoms with Gasteiger partial charge in [-0.15, -0.1) is 0 Å². The van der Waals surface area contributed by atoms with Crippen LogP contribution in [0.4, 0.5) is 5.69 Å². The first-order valence-corrected chi connectivity index (χ1v) is 8.15. The maximum atomic E-state index is 12.4. The number of rotatable bonds is 4. The molecule has 22 heavy (non-hydrogen) atoms. The molecule has 0 amide bonds. The summed E-state index contributed by atoms with van der Waals surface area (Å²) in [5.74, 6) is 0.483. The average molecular weight is 293 g/mol. The first-order chi connectivity index (χ1) is 10.7. The van der Waals surface area contributed by atoms with Crippen LogP contribution in [0.15, 0.2) is 54.6 Å². The summed E-state index contributed by atoms with van der Waals surface area (Å²) in [6.45, 7) is 2.09. The zero-order valence-corrected chi connectivity index (χ0v) is 13.1. The van der Waals surface area contributed by atoms with Gasteiger partial charge in [-0.25, -0.2) is 0 Å². The lowest BCUT2D eigenvalue weighted by Gasteiger charge is -2.31. The van der Waals surface area contributed by atoms with Crippen LogP contribution < -0.4 is 5.32 Å². The van der Waals surface area contributed by atoms with Gasteiger partial charge in [0.1, 0.15) is 5.78 Å². The van der Waals surface area contributed by atoms with Crippen molar-refractivity contribution in [2.75, 3.05) is 5.32 Å². The fourth-order valence-corrected chi connectivity index (χ4v) is 3.35. The van der Waals surface area contributed by atoms with E-state index in [4.69, 9.17) is 0 Å². The lowest BCUT2D eigenvalue weighted by molar-refractivity contribution is -0.125. The molecule has 1 saturated carbocycles. The Balaban J connectivity index is 1.90.